The van der Waals surface area contributed by atoms with Crippen LogP contribution >= 0.6 is 11.6 Å². The van der Waals surface area contributed by atoms with Crippen molar-refractivity contribution in [3.8, 4) is 0 Å². The van der Waals surface area contributed by atoms with E-state index in [1.807, 2.05) is 18.2 Å². The Labute approximate surface area is 124 Å². The standard InChI is InChI=1S/C15H19ClN4/c1-19(2)10-11-6-5-9-20(11)15-13-8-4-3-7-12(13)14(16)17-18-15/h3-4,7-8,11H,5-6,9-10H2,1-2H3. The molecule has 20 heavy (non-hydrogen) atoms. The average molecular weight is 291 g/mol. The number of aromatic nitrogens is 2. The Morgan fingerprint density at radius 2 is 2.00 bits per heavy atom. The second kappa shape index (κ2) is 5.54. The van der Waals surface area contributed by atoms with E-state index in [0.717, 1.165) is 29.7 Å². The van der Waals surface area contributed by atoms with Crippen molar-refractivity contribution in [2.24, 2.45) is 0 Å². The van der Waals surface area contributed by atoms with Crippen molar-refractivity contribution >= 4 is 28.2 Å². The maximum absolute atomic E-state index is 6.16. The van der Waals surface area contributed by atoms with Gasteiger partial charge in [0.2, 0.25) is 0 Å². The summed E-state index contributed by atoms with van der Waals surface area (Å²) < 4.78 is 0. The summed E-state index contributed by atoms with van der Waals surface area (Å²) in [5, 5.41) is 11.1. The first kappa shape index (κ1) is 13.6. The van der Waals surface area contributed by atoms with E-state index in [1.54, 1.807) is 0 Å². The van der Waals surface area contributed by atoms with E-state index in [1.165, 1.54) is 12.8 Å². The number of rotatable bonds is 3. The summed E-state index contributed by atoms with van der Waals surface area (Å²) in [6.07, 6.45) is 2.41. The molecule has 0 spiro atoms. The van der Waals surface area contributed by atoms with Crippen LogP contribution in [0.25, 0.3) is 10.8 Å². The monoisotopic (exact) mass is 290 g/mol. The van der Waals surface area contributed by atoms with Gasteiger partial charge in [0.25, 0.3) is 0 Å². The molecule has 1 aromatic heterocycles. The SMILES string of the molecule is CN(C)CC1CCCN1c1nnc(Cl)c2ccccc12. The average Bonchev–Trinajstić information content (AvgIpc) is 2.87. The van der Waals surface area contributed by atoms with E-state index < -0.39 is 0 Å². The molecule has 2 aromatic rings. The summed E-state index contributed by atoms with van der Waals surface area (Å²) >= 11 is 6.16. The quantitative estimate of drug-likeness (QED) is 0.870. The molecule has 0 N–H and O–H groups in total. The van der Waals surface area contributed by atoms with Crippen molar-refractivity contribution in [3.63, 3.8) is 0 Å². The Hall–Kier alpha value is -1.39. The van der Waals surface area contributed by atoms with Gasteiger partial charge in [0.15, 0.2) is 11.0 Å². The molecule has 0 radical (unpaired) electrons. The molecule has 1 aliphatic rings. The zero-order chi connectivity index (χ0) is 14.1. The molecule has 1 unspecified atom stereocenters. The van der Waals surface area contributed by atoms with Crippen LogP contribution in [0.3, 0.4) is 0 Å². The van der Waals surface area contributed by atoms with E-state index in [2.05, 4.69) is 40.2 Å². The third-order valence-electron chi connectivity index (χ3n) is 3.85. The van der Waals surface area contributed by atoms with E-state index >= 15 is 0 Å². The van der Waals surface area contributed by atoms with Gasteiger partial charge in [-0.05, 0) is 26.9 Å². The topological polar surface area (TPSA) is 32.3 Å². The highest BCUT2D eigenvalue weighted by atomic mass is 35.5. The van der Waals surface area contributed by atoms with E-state index in [4.69, 9.17) is 11.6 Å². The van der Waals surface area contributed by atoms with Gasteiger partial charge in [0.05, 0.1) is 0 Å². The molecule has 1 atom stereocenters. The first-order valence-electron chi connectivity index (χ1n) is 6.99. The lowest BCUT2D eigenvalue weighted by molar-refractivity contribution is 0.371. The van der Waals surface area contributed by atoms with E-state index in [9.17, 15) is 0 Å². The number of hydrogen-bond acceptors (Lipinski definition) is 4. The van der Waals surface area contributed by atoms with E-state index in [-0.39, 0.29) is 0 Å². The number of likely N-dealkylation sites (N-methyl/N-ethyl adjacent to an activating group) is 1. The smallest absolute Gasteiger partial charge is 0.159 e. The van der Waals surface area contributed by atoms with Crippen molar-refractivity contribution in [1.29, 1.82) is 0 Å². The van der Waals surface area contributed by atoms with Gasteiger partial charge in [-0.1, -0.05) is 35.9 Å². The molecule has 4 nitrogen and oxygen atoms in total. The summed E-state index contributed by atoms with van der Waals surface area (Å²) in [4.78, 5) is 4.61. The van der Waals surface area contributed by atoms with Gasteiger partial charge in [-0.3, -0.25) is 0 Å². The van der Waals surface area contributed by atoms with Gasteiger partial charge in [-0.25, -0.2) is 0 Å². The number of halogens is 1. The van der Waals surface area contributed by atoms with Crippen molar-refractivity contribution in [2.75, 3.05) is 32.1 Å². The van der Waals surface area contributed by atoms with Crippen LogP contribution in [0.4, 0.5) is 5.82 Å². The third kappa shape index (κ3) is 2.45. The highest BCUT2D eigenvalue weighted by molar-refractivity contribution is 6.34. The Kier molecular flexibility index (Phi) is 3.76. The minimum atomic E-state index is 0.479. The molecular formula is C15H19ClN4. The summed E-state index contributed by atoms with van der Waals surface area (Å²) in [5.74, 6) is 0.967. The molecule has 0 saturated carbocycles. The largest absolute Gasteiger partial charge is 0.350 e. The summed E-state index contributed by atoms with van der Waals surface area (Å²) in [5.41, 5.74) is 0. The summed E-state index contributed by atoms with van der Waals surface area (Å²) in [6.45, 7) is 2.08. The lowest BCUT2D eigenvalue weighted by atomic mass is 10.1. The fraction of sp³-hybridized carbons (Fsp3) is 0.467. The molecule has 5 heteroatoms. The van der Waals surface area contributed by atoms with Crippen molar-refractivity contribution in [3.05, 3.63) is 29.4 Å². The maximum Gasteiger partial charge on any atom is 0.159 e. The van der Waals surface area contributed by atoms with Gasteiger partial charge in [-0.2, -0.15) is 0 Å². The normalized spacial score (nSPS) is 19.2. The van der Waals surface area contributed by atoms with E-state index in [0.29, 0.717) is 11.2 Å². The fourth-order valence-electron chi connectivity index (χ4n) is 2.99. The first-order valence-corrected chi connectivity index (χ1v) is 7.37. The Balaban J connectivity index is 2.03. The molecule has 1 fully saturated rings. The molecule has 1 aromatic carbocycles. The van der Waals surface area contributed by atoms with Crippen LogP contribution in [0, 0.1) is 0 Å². The number of fused-ring (bicyclic) bond motifs is 1. The fourth-order valence-corrected chi connectivity index (χ4v) is 3.20. The zero-order valence-electron chi connectivity index (χ0n) is 11.9. The Morgan fingerprint density at radius 1 is 1.25 bits per heavy atom. The second-order valence-electron chi connectivity index (χ2n) is 5.61. The van der Waals surface area contributed by atoms with Crippen LogP contribution in [-0.4, -0.2) is 48.3 Å². The molecule has 106 valence electrons. The van der Waals surface area contributed by atoms with Gasteiger partial charge in [0.1, 0.15) is 0 Å². The highest BCUT2D eigenvalue weighted by Gasteiger charge is 2.27. The predicted molar refractivity (Wildman–Crippen MR) is 83.5 cm³/mol. The molecule has 1 aliphatic heterocycles. The zero-order valence-corrected chi connectivity index (χ0v) is 12.6. The van der Waals surface area contributed by atoms with Crippen LogP contribution in [-0.2, 0) is 0 Å². The maximum atomic E-state index is 6.16. The van der Waals surface area contributed by atoms with Crippen LogP contribution in [0.1, 0.15) is 12.8 Å². The predicted octanol–water partition coefficient (Wildman–Crippen LogP) is 2.81. The summed E-state index contributed by atoms with van der Waals surface area (Å²) in [6, 6.07) is 8.61. The minimum Gasteiger partial charge on any atom is -0.350 e. The van der Waals surface area contributed by atoms with Gasteiger partial charge >= 0.3 is 0 Å². The van der Waals surface area contributed by atoms with Crippen molar-refractivity contribution in [2.45, 2.75) is 18.9 Å². The molecule has 1 saturated heterocycles. The Morgan fingerprint density at radius 3 is 2.75 bits per heavy atom. The van der Waals surface area contributed by atoms with Crippen LogP contribution in [0.2, 0.25) is 5.15 Å². The molecular weight excluding hydrogens is 272 g/mol. The lowest BCUT2D eigenvalue weighted by Crippen LogP contribution is -2.38. The van der Waals surface area contributed by atoms with Crippen LogP contribution < -0.4 is 4.90 Å². The third-order valence-corrected chi connectivity index (χ3v) is 4.13. The molecule has 0 amide bonds. The van der Waals surface area contributed by atoms with Crippen LogP contribution in [0.15, 0.2) is 24.3 Å². The molecule has 0 bridgehead atoms. The molecule has 3 rings (SSSR count). The molecule has 0 aliphatic carbocycles. The molecule has 2 heterocycles. The number of anilines is 1. The number of benzene rings is 1. The van der Waals surface area contributed by atoms with Crippen molar-refractivity contribution < 1.29 is 0 Å². The van der Waals surface area contributed by atoms with Gasteiger partial charge < -0.3 is 9.80 Å². The van der Waals surface area contributed by atoms with Gasteiger partial charge in [0, 0.05) is 29.9 Å². The summed E-state index contributed by atoms with van der Waals surface area (Å²) in [7, 11) is 4.23. The van der Waals surface area contributed by atoms with Gasteiger partial charge in [-0.15, -0.1) is 10.2 Å². The Bertz CT molecular complexity index is 614. The highest BCUT2D eigenvalue weighted by Crippen LogP contribution is 2.32. The number of hydrogen-bond donors (Lipinski definition) is 0. The van der Waals surface area contributed by atoms with Crippen LogP contribution in [0.5, 0.6) is 0 Å². The first-order chi connectivity index (χ1) is 9.66. The lowest BCUT2D eigenvalue weighted by Gasteiger charge is -2.28. The van der Waals surface area contributed by atoms with Crippen molar-refractivity contribution in [1.82, 2.24) is 15.1 Å². The minimum absolute atomic E-state index is 0.479. The second-order valence-corrected chi connectivity index (χ2v) is 5.97. The number of nitrogens with zero attached hydrogens (tertiary/aromatic N) is 4.